The highest BCUT2D eigenvalue weighted by atomic mass is 16.5. The lowest BCUT2D eigenvalue weighted by Crippen LogP contribution is -2.57. The summed E-state index contributed by atoms with van der Waals surface area (Å²) in [5, 5.41) is 9.22. The van der Waals surface area contributed by atoms with Crippen molar-refractivity contribution in [1.82, 2.24) is 9.80 Å². The van der Waals surface area contributed by atoms with Gasteiger partial charge in [-0.25, -0.2) is 0 Å². The van der Waals surface area contributed by atoms with Crippen molar-refractivity contribution < 1.29 is 24.2 Å². The summed E-state index contributed by atoms with van der Waals surface area (Å²) in [5.74, 6) is -1.82. The van der Waals surface area contributed by atoms with Gasteiger partial charge in [-0.05, 0) is 64.0 Å². The summed E-state index contributed by atoms with van der Waals surface area (Å²) in [7, 11) is 0. The average Bonchev–Trinajstić information content (AvgIpc) is 3.52. The fourth-order valence-corrected chi connectivity index (χ4v) is 7.78. The Balaban J connectivity index is 1.78. The van der Waals surface area contributed by atoms with Crippen LogP contribution in [0.15, 0.2) is 43.5 Å². The largest absolute Gasteiger partial charge is 0.396 e. The van der Waals surface area contributed by atoms with Crippen LogP contribution in [0.5, 0.6) is 0 Å². The summed E-state index contributed by atoms with van der Waals surface area (Å²) in [6.45, 7) is 17.5. The Morgan fingerprint density at radius 2 is 1.74 bits per heavy atom. The van der Waals surface area contributed by atoms with Gasteiger partial charge in [0.15, 0.2) is 0 Å². The Morgan fingerprint density at radius 1 is 1.07 bits per heavy atom. The van der Waals surface area contributed by atoms with Crippen LogP contribution in [0.2, 0.25) is 0 Å². The second-order valence-corrected chi connectivity index (χ2v) is 12.4. The molecule has 42 heavy (non-hydrogen) atoms. The van der Waals surface area contributed by atoms with Gasteiger partial charge in [0.25, 0.3) is 5.91 Å². The van der Waals surface area contributed by atoms with Crippen LogP contribution in [0, 0.1) is 25.7 Å². The molecule has 3 aliphatic heterocycles. The minimum atomic E-state index is -1.07. The number of nitrogens with zero attached hydrogens (tertiary/aromatic N) is 3. The van der Waals surface area contributed by atoms with Crippen molar-refractivity contribution in [3.8, 4) is 0 Å². The first-order valence-electron chi connectivity index (χ1n) is 15.6. The number of rotatable bonds is 15. The molecule has 1 spiro atoms. The molecule has 230 valence electrons. The Bertz CT molecular complexity index is 1180. The molecule has 5 atom stereocenters. The fourth-order valence-electron chi connectivity index (χ4n) is 7.78. The molecule has 8 nitrogen and oxygen atoms in total. The number of anilines is 1. The van der Waals surface area contributed by atoms with Crippen LogP contribution in [-0.4, -0.2) is 82.7 Å². The summed E-state index contributed by atoms with van der Waals surface area (Å²) in [6.07, 6.45) is 8.48. The van der Waals surface area contributed by atoms with Gasteiger partial charge in [-0.2, -0.15) is 0 Å². The van der Waals surface area contributed by atoms with Gasteiger partial charge in [0.2, 0.25) is 11.8 Å². The molecule has 0 radical (unpaired) electrons. The third kappa shape index (κ3) is 5.44. The number of amides is 3. The number of carbonyl (C=O) groups is 3. The van der Waals surface area contributed by atoms with E-state index in [4.69, 9.17) is 4.74 Å². The van der Waals surface area contributed by atoms with Crippen LogP contribution in [0.3, 0.4) is 0 Å². The zero-order valence-corrected chi connectivity index (χ0v) is 25.9. The van der Waals surface area contributed by atoms with Gasteiger partial charge in [0.1, 0.15) is 11.6 Å². The second-order valence-electron chi connectivity index (χ2n) is 12.4. The quantitative estimate of drug-likeness (QED) is 0.243. The summed E-state index contributed by atoms with van der Waals surface area (Å²) in [4.78, 5) is 48.7. The SMILES string of the molecule is C=CCN(CCC)C(=O)[C@H]1[C@H]2C(=O)N(CCCCCCO)C(C(=O)N(CC=C)c3c(C)cccc3C)C23CC[C@]1(C)O3. The van der Waals surface area contributed by atoms with E-state index in [1.54, 1.807) is 26.9 Å². The Kier molecular flexibility index (Phi) is 9.99. The third-order valence-electron chi connectivity index (χ3n) is 9.53. The van der Waals surface area contributed by atoms with E-state index in [0.29, 0.717) is 51.9 Å². The molecule has 0 saturated carbocycles. The molecule has 1 aromatic rings. The standard InChI is InChI=1S/C34H49N3O5/c1-7-19-35(20-8-2)30(39)26-27-31(40)37(22-12-10-11-13-23-38)29(34(27)18-17-33(26,6)42-34)32(41)36(21-9-3)28-24(4)15-14-16-25(28)5/h7,9,14-16,26-27,29,38H,1,3,8,10-13,17-23H2,2,4-6H3/t26-,27+,29?,33+,34?/m1/s1. The second kappa shape index (κ2) is 13.1. The number of hydrogen-bond acceptors (Lipinski definition) is 5. The van der Waals surface area contributed by atoms with Gasteiger partial charge in [-0.3, -0.25) is 14.4 Å². The molecule has 4 rings (SSSR count). The molecule has 3 fully saturated rings. The third-order valence-corrected chi connectivity index (χ3v) is 9.53. The number of ether oxygens (including phenoxy) is 1. The molecule has 3 heterocycles. The number of benzene rings is 1. The predicted octanol–water partition coefficient (Wildman–Crippen LogP) is 4.56. The summed E-state index contributed by atoms with van der Waals surface area (Å²) < 4.78 is 6.87. The van der Waals surface area contributed by atoms with Gasteiger partial charge in [-0.1, -0.05) is 50.1 Å². The average molecular weight is 580 g/mol. The Hall–Kier alpha value is -2.97. The minimum Gasteiger partial charge on any atom is -0.396 e. The normalized spacial score (nSPS) is 27.7. The smallest absolute Gasteiger partial charge is 0.253 e. The maximum absolute atomic E-state index is 14.8. The van der Waals surface area contributed by atoms with Gasteiger partial charge >= 0.3 is 0 Å². The summed E-state index contributed by atoms with van der Waals surface area (Å²) in [6, 6.07) is 5.11. The molecule has 0 aromatic heterocycles. The molecule has 2 bridgehead atoms. The Labute approximate surface area is 251 Å². The molecular weight excluding hydrogens is 530 g/mol. The van der Waals surface area contributed by atoms with Gasteiger partial charge in [-0.15, -0.1) is 13.2 Å². The predicted molar refractivity (Wildman–Crippen MR) is 165 cm³/mol. The zero-order valence-electron chi connectivity index (χ0n) is 25.9. The highest BCUT2D eigenvalue weighted by Crippen LogP contribution is 2.63. The molecule has 3 saturated heterocycles. The monoisotopic (exact) mass is 579 g/mol. The summed E-state index contributed by atoms with van der Waals surface area (Å²) in [5.41, 5.74) is 0.865. The number of fused-ring (bicyclic) bond motifs is 1. The summed E-state index contributed by atoms with van der Waals surface area (Å²) >= 11 is 0. The van der Waals surface area contributed by atoms with E-state index in [-0.39, 0.29) is 24.3 Å². The van der Waals surface area contributed by atoms with Gasteiger partial charge in [0.05, 0.1) is 17.4 Å². The minimum absolute atomic E-state index is 0.0899. The lowest BCUT2D eigenvalue weighted by molar-refractivity contribution is -0.149. The zero-order chi connectivity index (χ0) is 30.7. The van der Waals surface area contributed by atoms with E-state index in [9.17, 15) is 19.5 Å². The van der Waals surface area contributed by atoms with Crippen LogP contribution >= 0.6 is 0 Å². The number of aliphatic hydroxyl groups excluding tert-OH is 1. The number of para-hydroxylation sites is 1. The lowest BCUT2D eigenvalue weighted by atomic mass is 9.66. The molecule has 0 aliphatic carbocycles. The van der Waals surface area contributed by atoms with E-state index < -0.39 is 29.1 Å². The van der Waals surface area contributed by atoms with Crippen molar-refractivity contribution in [2.75, 3.05) is 37.7 Å². The molecule has 1 N–H and O–H groups in total. The lowest BCUT2D eigenvalue weighted by Gasteiger charge is -2.37. The van der Waals surface area contributed by atoms with E-state index in [1.165, 1.54) is 0 Å². The van der Waals surface area contributed by atoms with Gasteiger partial charge < -0.3 is 24.5 Å². The molecule has 8 heteroatoms. The highest BCUT2D eigenvalue weighted by molar-refractivity contribution is 6.05. The van der Waals surface area contributed by atoms with Crippen molar-refractivity contribution in [2.24, 2.45) is 11.8 Å². The first-order valence-corrected chi connectivity index (χ1v) is 15.6. The van der Waals surface area contributed by atoms with Crippen LogP contribution in [-0.2, 0) is 19.1 Å². The van der Waals surface area contributed by atoms with E-state index in [1.807, 2.05) is 45.9 Å². The van der Waals surface area contributed by atoms with Crippen molar-refractivity contribution in [2.45, 2.75) is 89.9 Å². The molecular formula is C34H49N3O5. The van der Waals surface area contributed by atoms with Gasteiger partial charge in [0, 0.05) is 38.5 Å². The van der Waals surface area contributed by atoms with Crippen LogP contribution < -0.4 is 4.90 Å². The number of unbranched alkanes of at least 4 members (excludes halogenated alkanes) is 3. The topological polar surface area (TPSA) is 90.4 Å². The van der Waals surface area contributed by atoms with Crippen LogP contribution in [0.4, 0.5) is 5.69 Å². The molecule has 2 unspecified atom stereocenters. The number of likely N-dealkylation sites (tertiary alicyclic amines) is 1. The van der Waals surface area contributed by atoms with E-state index >= 15 is 0 Å². The van der Waals surface area contributed by atoms with Crippen LogP contribution in [0.1, 0.15) is 69.9 Å². The highest BCUT2D eigenvalue weighted by Gasteiger charge is 2.78. The molecule has 3 amide bonds. The number of aliphatic hydroxyl groups is 1. The van der Waals surface area contributed by atoms with E-state index in [0.717, 1.165) is 36.1 Å². The Morgan fingerprint density at radius 3 is 2.36 bits per heavy atom. The molecule has 1 aromatic carbocycles. The van der Waals surface area contributed by atoms with Crippen molar-refractivity contribution in [3.05, 3.63) is 54.6 Å². The van der Waals surface area contributed by atoms with Crippen molar-refractivity contribution in [1.29, 1.82) is 0 Å². The number of carbonyl (C=O) groups excluding carboxylic acids is 3. The number of aryl methyl sites for hydroxylation is 2. The van der Waals surface area contributed by atoms with Crippen LogP contribution in [0.25, 0.3) is 0 Å². The van der Waals surface area contributed by atoms with Crippen molar-refractivity contribution in [3.63, 3.8) is 0 Å². The first-order chi connectivity index (χ1) is 20.1. The first kappa shape index (κ1) is 32.0. The maximum atomic E-state index is 14.8. The molecule has 3 aliphatic rings. The van der Waals surface area contributed by atoms with Crippen molar-refractivity contribution >= 4 is 23.4 Å². The number of hydrogen-bond donors (Lipinski definition) is 1. The fraction of sp³-hybridized carbons (Fsp3) is 0.618. The van der Waals surface area contributed by atoms with E-state index in [2.05, 4.69) is 13.2 Å². The maximum Gasteiger partial charge on any atom is 0.253 e.